The number of nitrogens with one attached hydrogen (secondary N) is 1. The first-order valence-corrected chi connectivity index (χ1v) is 5.15. The molecule has 2 rings (SSSR count). The molecule has 0 aliphatic carbocycles. The van der Waals surface area contributed by atoms with E-state index in [1.807, 2.05) is 0 Å². The van der Waals surface area contributed by atoms with E-state index in [1.54, 1.807) is 16.8 Å². The second kappa shape index (κ2) is 4.95. The van der Waals surface area contributed by atoms with Crippen LogP contribution in [0.25, 0.3) is 0 Å². The van der Waals surface area contributed by atoms with Crippen LogP contribution in [0.3, 0.4) is 0 Å². The van der Waals surface area contributed by atoms with Gasteiger partial charge in [0.2, 0.25) is 5.95 Å². The number of anilines is 2. The molecule has 1 heterocycles. The molecule has 0 bridgehead atoms. The van der Waals surface area contributed by atoms with Crippen molar-refractivity contribution in [3.8, 4) is 0 Å². The van der Waals surface area contributed by atoms with Crippen molar-refractivity contribution < 1.29 is 13.2 Å². The van der Waals surface area contributed by atoms with Crippen LogP contribution in [0.5, 0.6) is 0 Å². The van der Waals surface area contributed by atoms with Gasteiger partial charge < -0.3 is 9.88 Å². The average Bonchev–Trinajstić information content (AvgIpc) is 2.73. The number of aromatic nitrogens is 2. The summed E-state index contributed by atoms with van der Waals surface area (Å²) in [5.74, 6) is -2.99. The largest absolute Gasteiger partial charge is 0.323 e. The number of hydrogen-bond donors (Lipinski definition) is 1. The summed E-state index contributed by atoms with van der Waals surface area (Å²) in [6.07, 6.45) is 4.74. The van der Waals surface area contributed by atoms with Gasteiger partial charge in [0.1, 0.15) is 5.82 Å². The number of rotatable bonds is 4. The third kappa shape index (κ3) is 2.37. The van der Waals surface area contributed by atoms with E-state index in [9.17, 15) is 13.2 Å². The third-order valence-corrected chi connectivity index (χ3v) is 2.28. The van der Waals surface area contributed by atoms with Crippen LogP contribution >= 0.6 is 0 Å². The molecule has 6 heteroatoms. The van der Waals surface area contributed by atoms with Gasteiger partial charge in [0, 0.05) is 31.1 Å². The van der Waals surface area contributed by atoms with Crippen LogP contribution in [0.1, 0.15) is 0 Å². The van der Waals surface area contributed by atoms with Gasteiger partial charge in [0.15, 0.2) is 11.6 Å². The Morgan fingerprint density at radius 1 is 1.33 bits per heavy atom. The zero-order valence-electron chi connectivity index (χ0n) is 9.33. The summed E-state index contributed by atoms with van der Waals surface area (Å²) in [6, 6.07) is 1.35. The van der Waals surface area contributed by atoms with E-state index in [0.717, 1.165) is 6.07 Å². The predicted molar refractivity (Wildman–Crippen MR) is 62.0 cm³/mol. The average molecular weight is 253 g/mol. The molecular formula is C12H10F3N3. The van der Waals surface area contributed by atoms with Crippen molar-refractivity contribution in [2.24, 2.45) is 0 Å². The Balaban J connectivity index is 2.33. The number of allylic oxidation sites excluding steroid dienone is 1. The second-order valence-corrected chi connectivity index (χ2v) is 3.57. The topological polar surface area (TPSA) is 29.9 Å². The zero-order chi connectivity index (χ0) is 13.1. The molecule has 1 aromatic heterocycles. The molecule has 0 atom stereocenters. The Labute approximate surface area is 102 Å². The molecule has 0 fully saturated rings. The Hall–Kier alpha value is -2.24. The molecule has 2 aromatic rings. The first-order chi connectivity index (χ1) is 8.61. The fourth-order valence-electron chi connectivity index (χ4n) is 1.49. The maximum atomic E-state index is 13.4. The molecule has 0 aliphatic rings. The van der Waals surface area contributed by atoms with Gasteiger partial charge >= 0.3 is 0 Å². The van der Waals surface area contributed by atoms with E-state index in [0.29, 0.717) is 12.6 Å². The van der Waals surface area contributed by atoms with Crippen molar-refractivity contribution in [3.63, 3.8) is 0 Å². The van der Waals surface area contributed by atoms with Gasteiger partial charge in [-0.1, -0.05) is 6.08 Å². The SMILES string of the molecule is C=CCn1ccnc1Nc1cc(F)cc(F)c1F. The quantitative estimate of drug-likeness (QED) is 0.669. The molecule has 1 N–H and O–H groups in total. The minimum absolute atomic E-state index is 0.277. The van der Waals surface area contributed by atoms with E-state index in [-0.39, 0.29) is 11.6 Å². The van der Waals surface area contributed by atoms with E-state index < -0.39 is 17.5 Å². The molecule has 0 spiro atoms. The lowest BCUT2D eigenvalue weighted by atomic mass is 10.3. The van der Waals surface area contributed by atoms with Crippen LogP contribution < -0.4 is 5.32 Å². The van der Waals surface area contributed by atoms with E-state index in [2.05, 4.69) is 16.9 Å². The van der Waals surface area contributed by atoms with E-state index in [4.69, 9.17) is 0 Å². The Kier molecular flexibility index (Phi) is 3.36. The van der Waals surface area contributed by atoms with Crippen LogP contribution in [-0.4, -0.2) is 9.55 Å². The van der Waals surface area contributed by atoms with Crippen molar-refractivity contribution in [1.82, 2.24) is 9.55 Å². The third-order valence-electron chi connectivity index (χ3n) is 2.28. The lowest BCUT2D eigenvalue weighted by Gasteiger charge is -2.09. The molecule has 0 amide bonds. The lowest BCUT2D eigenvalue weighted by molar-refractivity contribution is 0.498. The summed E-state index contributed by atoms with van der Waals surface area (Å²) < 4.78 is 41.1. The van der Waals surface area contributed by atoms with Gasteiger partial charge in [-0.3, -0.25) is 0 Å². The maximum absolute atomic E-state index is 13.4. The fourth-order valence-corrected chi connectivity index (χ4v) is 1.49. The highest BCUT2D eigenvalue weighted by Crippen LogP contribution is 2.22. The second-order valence-electron chi connectivity index (χ2n) is 3.57. The minimum atomic E-state index is -1.25. The summed E-state index contributed by atoms with van der Waals surface area (Å²) in [4.78, 5) is 3.92. The number of imidazole rings is 1. The molecule has 18 heavy (non-hydrogen) atoms. The summed E-state index contributed by atoms with van der Waals surface area (Å²) in [5.41, 5.74) is -0.302. The molecule has 0 unspecified atom stereocenters. The number of halogens is 3. The lowest BCUT2D eigenvalue weighted by Crippen LogP contribution is -2.04. The van der Waals surface area contributed by atoms with Crippen LogP contribution in [0.4, 0.5) is 24.8 Å². The summed E-state index contributed by atoms with van der Waals surface area (Å²) in [6.45, 7) is 4.01. The first kappa shape index (κ1) is 12.2. The minimum Gasteiger partial charge on any atom is -0.323 e. The highest BCUT2D eigenvalue weighted by molar-refractivity contribution is 5.54. The van der Waals surface area contributed by atoms with Crippen LogP contribution in [-0.2, 0) is 6.54 Å². The predicted octanol–water partition coefficient (Wildman–Crippen LogP) is 3.23. The van der Waals surface area contributed by atoms with Gasteiger partial charge in [-0.2, -0.15) is 0 Å². The van der Waals surface area contributed by atoms with Gasteiger partial charge in [-0.15, -0.1) is 6.58 Å². The molecule has 1 aromatic carbocycles. The molecular weight excluding hydrogens is 243 g/mol. The standard InChI is InChI=1S/C12H10F3N3/c1-2-4-18-5-3-16-12(18)17-10-7-8(13)6-9(14)11(10)15/h2-3,5-7H,1,4H2,(H,16,17). The van der Waals surface area contributed by atoms with Crippen molar-refractivity contribution in [1.29, 1.82) is 0 Å². The van der Waals surface area contributed by atoms with Crippen molar-refractivity contribution in [3.05, 3.63) is 54.6 Å². The smallest absolute Gasteiger partial charge is 0.207 e. The Morgan fingerprint density at radius 3 is 2.83 bits per heavy atom. The summed E-state index contributed by atoms with van der Waals surface area (Å²) in [7, 11) is 0. The van der Waals surface area contributed by atoms with Crippen LogP contribution in [0, 0.1) is 17.5 Å². The van der Waals surface area contributed by atoms with E-state index in [1.165, 1.54) is 6.20 Å². The molecule has 0 aliphatic heterocycles. The van der Waals surface area contributed by atoms with Gasteiger partial charge in [-0.05, 0) is 0 Å². The Bertz CT molecular complexity index is 578. The molecule has 0 saturated heterocycles. The Morgan fingerprint density at radius 2 is 2.11 bits per heavy atom. The zero-order valence-corrected chi connectivity index (χ0v) is 9.33. The first-order valence-electron chi connectivity index (χ1n) is 5.15. The number of nitrogens with zero attached hydrogens (tertiary/aromatic N) is 2. The number of hydrogen-bond acceptors (Lipinski definition) is 2. The van der Waals surface area contributed by atoms with Gasteiger partial charge in [-0.25, -0.2) is 18.2 Å². The van der Waals surface area contributed by atoms with Crippen LogP contribution in [0.2, 0.25) is 0 Å². The van der Waals surface area contributed by atoms with Crippen molar-refractivity contribution in [2.75, 3.05) is 5.32 Å². The molecule has 0 saturated carbocycles. The molecule has 94 valence electrons. The number of benzene rings is 1. The highest BCUT2D eigenvalue weighted by atomic mass is 19.2. The molecule has 3 nitrogen and oxygen atoms in total. The highest BCUT2D eigenvalue weighted by Gasteiger charge is 2.12. The van der Waals surface area contributed by atoms with Gasteiger partial charge in [0.25, 0.3) is 0 Å². The normalized spacial score (nSPS) is 10.4. The van der Waals surface area contributed by atoms with E-state index >= 15 is 0 Å². The van der Waals surface area contributed by atoms with Crippen LogP contribution in [0.15, 0.2) is 37.2 Å². The monoisotopic (exact) mass is 253 g/mol. The van der Waals surface area contributed by atoms with Crippen molar-refractivity contribution >= 4 is 11.6 Å². The van der Waals surface area contributed by atoms with Gasteiger partial charge in [0.05, 0.1) is 5.69 Å². The maximum Gasteiger partial charge on any atom is 0.207 e. The fraction of sp³-hybridized carbons (Fsp3) is 0.0833. The summed E-state index contributed by atoms with van der Waals surface area (Å²) >= 11 is 0. The molecule has 0 radical (unpaired) electrons. The van der Waals surface area contributed by atoms with Crippen molar-refractivity contribution in [2.45, 2.75) is 6.54 Å². The summed E-state index contributed by atoms with van der Waals surface area (Å²) in [5, 5.41) is 2.54.